The first-order valence-corrected chi connectivity index (χ1v) is 5.98. The second-order valence-corrected chi connectivity index (χ2v) is 4.67. The van der Waals surface area contributed by atoms with E-state index in [1.165, 1.54) is 6.07 Å². The van der Waals surface area contributed by atoms with Crippen molar-refractivity contribution in [2.75, 3.05) is 17.7 Å². The highest BCUT2D eigenvalue weighted by molar-refractivity contribution is 5.68. The number of nitrogen functional groups attached to an aromatic ring is 1. The fourth-order valence-electron chi connectivity index (χ4n) is 2.06. The van der Waals surface area contributed by atoms with Gasteiger partial charge in [-0.15, -0.1) is 0 Å². The van der Waals surface area contributed by atoms with Crippen molar-refractivity contribution < 1.29 is 8.78 Å². The number of halogens is 2. The standard InChI is InChI=1S/C15H16F2N2/c1-10-4-3-5-11(6-10)9-19(2)14-8-12(16)7-13(17)15(14)18/h3-8H,9,18H2,1-2H3. The molecule has 2 rings (SSSR count). The Labute approximate surface area is 111 Å². The quantitative estimate of drug-likeness (QED) is 0.858. The highest BCUT2D eigenvalue weighted by Crippen LogP contribution is 2.27. The molecular formula is C15H16F2N2. The van der Waals surface area contributed by atoms with Crippen molar-refractivity contribution in [3.05, 3.63) is 59.2 Å². The Bertz CT molecular complexity index is 597. The largest absolute Gasteiger partial charge is 0.395 e. The topological polar surface area (TPSA) is 29.3 Å². The van der Waals surface area contributed by atoms with E-state index in [-0.39, 0.29) is 5.69 Å². The van der Waals surface area contributed by atoms with Crippen LogP contribution in [0, 0.1) is 18.6 Å². The number of hydrogen-bond donors (Lipinski definition) is 1. The van der Waals surface area contributed by atoms with Gasteiger partial charge in [-0.1, -0.05) is 29.8 Å². The number of nitrogens with two attached hydrogens (primary N) is 1. The van der Waals surface area contributed by atoms with Crippen molar-refractivity contribution in [3.8, 4) is 0 Å². The lowest BCUT2D eigenvalue weighted by molar-refractivity contribution is 0.585. The average Bonchev–Trinajstić information content (AvgIpc) is 2.33. The second-order valence-electron chi connectivity index (χ2n) is 4.67. The van der Waals surface area contributed by atoms with Gasteiger partial charge in [0.25, 0.3) is 0 Å². The number of aryl methyl sites for hydroxylation is 1. The van der Waals surface area contributed by atoms with E-state index >= 15 is 0 Å². The minimum absolute atomic E-state index is 0.0310. The van der Waals surface area contributed by atoms with Gasteiger partial charge in [0.2, 0.25) is 0 Å². The van der Waals surface area contributed by atoms with Gasteiger partial charge in [-0.25, -0.2) is 8.78 Å². The molecule has 2 nitrogen and oxygen atoms in total. The Balaban J connectivity index is 2.27. The van der Waals surface area contributed by atoms with Crippen LogP contribution in [0.1, 0.15) is 11.1 Å². The molecule has 0 radical (unpaired) electrons. The molecule has 0 aliphatic carbocycles. The predicted octanol–water partition coefficient (Wildman–Crippen LogP) is 3.49. The van der Waals surface area contributed by atoms with Crippen LogP contribution in [0.5, 0.6) is 0 Å². The fourth-order valence-corrected chi connectivity index (χ4v) is 2.06. The maximum atomic E-state index is 13.4. The average molecular weight is 262 g/mol. The third kappa shape index (κ3) is 3.02. The molecule has 0 aliphatic rings. The van der Waals surface area contributed by atoms with Crippen LogP contribution in [0.2, 0.25) is 0 Å². The van der Waals surface area contributed by atoms with Gasteiger partial charge in [-0.05, 0) is 18.6 Å². The van der Waals surface area contributed by atoms with Crippen molar-refractivity contribution >= 4 is 11.4 Å². The third-order valence-corrected chi connectivity index (χ3v) is 2.99. The monoisotopic (exact) mass is 262 g/mol. The molecular weight excluding hydrogens is 246 g/mol. The molecule has 0 aliphatic heterocycles. The first-order valence-electron chi connectivity index (χ1n) is 5.98. The van der Waals surface area contributed by atoms with E-state index in [0.29, 0.717) is 12.2 Å². The normalized spacial score (nSPS) is 10.5. The van der Waals surface area contributed by atoms with E-state index in [4.69, 9.17) is 5.73 Å². The van der Waals surface area contributed by atoms with Crippen LogP contribution in [0.15, 0.2) is 36.4 Å². The molecule has 0 unspecified atom stereocenters. The Hall–Kier alpha value is -2.10. The maximum absolute atomic E-state index is 13.4. The highest BCUT2D eigenvalue weighted by atomic mass is 19.1. The zero-order valence-electron chi connectivity index (χ0n) is 11.0. The van der Waals surface area contributed by atoms with Crippen LogP contribution < -0.4 is 10.6 Å². The lowest BCUT2D eigenvalue weighted by Crippen LogP contribution is -2.18. The van der Waals surface area contributed by atoms with Gasteiger partial charge >= 0.3 is 0 Å². The van der Waals surface area contributed by atoms with Gasteiger partial charge < -0.3 is 10.6 Å². The Kier molecular flexibility index (Phi) is 3.69. The summed E-state index contributed by atoms with van der Waals surface area (Å²) in [4.78, 5) is 1.73. The molecule has 0 spiro atoms. The minimum atomic E-state index is -0.730. The van der Waals surface area contributed by atoms with Crippen LogP contribution in [0.4, 0.5) is 20.2 Å². The van der Waals surface area contributed by atoms with E-state index in [9.17, 15) is 8.78 Å². The van der Waals surface area contributed by atoms with Gasteiger partial charge in [0.1, 0.15) is 5.82 Å². The molecule has 0 heterocycles. The molecule has 0 bridgehead atoms. The lowest BCUT2D eigenvalue weighted by Gasteiger charge is -2.21. The summed E-state index contributed by atoms with van der Waals surface area (Å²) >= 11 is 0. The zero-order chi connectivity index (χ0) is 14.0. The Morgan fingerprint density at radius 3 is 2.58 bits per heavy atom. The molecule has 0 atom stereocenters. The summed E-state index contributed by atoms with van der Waals surface area (Å²) < 4.78 is 26.7. The van der Waals surface area contributed by atoms with E-state index < -0.39 is 11.6 Å². The van der Waals surface area contributed by atoms with Crippen LogP contribution in [0.25, 0.3) is 0 Å². The second kappa shape index (κ2) is 5.26. The summed E-state index contributed by atoms with van der Waals surface area (Å²) in [5, 5.41) is 0. The maximum Gasteiger partial charge on any atom is 0.151 e. The highest BCUT2D eigenvalue weighted by Gasteiger charge is 2.12. The SMILES string of the molecule is Cc1cccc(CN(C)c2cc(F)cc(F)c2N)c1. The van der Waals surface area contributed by atoms with Crippen molar-refractivity contribution in [1.82, 2.24) is 0 Å². The number of rotatable bonds is 3. The van der Waals surface area contributed by atoms with E-state index in [0.717, 1.165) is 17.2 Å². The number of hydrogen-bond acceptors (Lipinski definition) is 2. The molecule has 100 valence electrons. The van der Waals surface area contributed by atoms with Crippen LogP contribution >= 0.6 is 0 Å². The molecule has 0 amide bonds. The summed E-state index contributed by atoms with van der Waals surface area (Å²) in [6.07, 6.45) is 0. The molecule has 0 saturated heterocycles. The third-order valence-electron chi connectivity index (χ3n) is 2.99. The number of benzene rings is 2. The summed E-state index contributed by atoms with van der Waals surface area (Å²) in [5.41, 5.74) is 8.19. The molecule has 19 heavy (non-hydrogen) atoms. The smallest absolute Gasteiger partial charge is 0.151 e. The molecule has 0 saturated carbocycles. The number of nitrogens with zero attached hydrogens (tertiary/aromatic N) is 1. The van der Waals surface area contributed by atoms with Gasteiger partial charge in [0.15, 0.2) is 5.82 Å². The molecule has 2 N–H and O–H groups in total. The van der Waals surface area contributed by atoms with Crippen LogP contribution in [-0.2, 0) is 6.54 Å². The van der Waals surface area contributed by atoms with Gasteiger partial charge in [-0.3, -0.25) is 0 Å². The molecule has 2 aromatic carbocycles. The van der Waals surface area contributed by atoms with Crippen molar-refractivity contribution in [1.29, 1.82) is 0 Å². The Morgan fingerprint density at radius 1 is 1.16 bits per heavy atom. The first-order chi connectivity index (χ1) is 8.97. The molecule has 0 aromatic heterocycles. The van der Waals surface area contributed by atoms with Gasteiger partial charge in [0, 0.05) is 19.7 Å². The van der Waals surface area contributed by atoms with Crippen LogP contribution in [-0.4, -0.2) is 7.05 Å². The van der Waals surface area contributed by atoms with Crippen LogP contribution in [0.3, 0.4) is 0 Å². The van der Waals surface area contributed by atoms with Crippen molar-refractivity contribution in [3.63, 3.8) is 0 Å². The van der Waals surface area contributed by atoms with Crippen molar-refractivity contribution in [2.24, 2.45) is 0 Å². The molecule has 4 heteroatoms. The lowest BCUT2D eigenvalue weighted by atomic mass is 10.1. The summed E-state index contributed by atoms with van der Waals surface area (Å²) in [6, 6.07) is 9.99. The minimum Gasteiger partial charge on any atom is -0.395 e. The van der Waals surface area contributed by atoms with E-state index in [1.807, 2.05) is 31.2 Å². The summed E-state index contributed by atoms with van der Waals surface area (Å²) in [6.45, 7) is 2.54. The predicted molar refractivity (Wildman–Crippen MR) is 74.1 cm³/mol. The van der Waals surface area contributed by atoms with Gasteiger partial charge in [0.05, 0.1) is 11.4 Å². The van der Waals surface area contributed by atoms with E-state index in [1.54, 1.807) is 11.9 Å². The van der Waals surface area contributed by atoms with Crippen molar-refractivity contribution in [2.45, 2.75) is 13.5 Å². The zero-order valence-corrected chi connectivity index (χ0v) is 11.0. The first kappa shape index (κ1) is 13.3. The fraction of sp³-hybridized carbons (Fsp3) is 0.200. The number of anilines is 2. The Morgan fingerprint density at radius 2 is 1.89 bits per heavy atom. The summed E-state index contributed by atoms with van der Waals surface area (Å²) in [5.74, 6) is -1.36. The summed E-state index contributed by atoms with van der Waals surface area (Å²) in [7, 11) is 1.76. The molecule has 0 fully saturated rings. The molecule has 2 aromatic rings. The van der Waals surface area contributed by atoms with E-state index in [2.05, 4.69) is 0 Å². The van der Waals surface area contributed by atoms with Gasteiger partial charge in [-0.2, -0.15) is 0 Å².